The van der Waals surface area contributed by atoms with Gasteiger partial charge >= 0.3 is 23.9 Å². The van der Waals surface area contributed by atoms with Crippen molar-refractivity contribution in [2.45, 2.75) is 152 Å². The number of Topliss-reactive ketones (excluding diaryl/α,β-unsaturated/α-hetero) is 2. The molecule has 0 saturated carbocycles. The highest BCUT2D eigenvalue weighted by atomic mass is 16.7. The van der Waals surface area contributed by atoms with Gasteiger partial charge in [0.05, 0.1) is 0 Å². The van der Waals surface area contributed by atoms with E-state index in [0.717, 1.165) is 108 Å². The average Bonchev–Trinajstić information content (AvgIpc) is 1.68. The molecule has 2 atom stereocenters. The third-order valence-corrected chi connectivity index (χ3v) is 15.9. The molecule has 0 amide bonds. The molecule has 0 fully saturated rings. The zero-order valence-electron chi connectivity index (χ0n) is 51.0. The van der Waals surface area contributed by atoms with Crippen molar-refractivity contribution in [3.05, 3.63) is 155 Å². The van der Waals surface area contributed by atoms with E-state index in [1.54, 1.807) is 84.9 Å². The normalized spacial score (nSPS) is 12.6. The Balaban J connectivity index is 1.04. The van der Waals surface area contributed by atoms with Crippen LogP contribution in [0.25, 0.3) is 43.6 Å². The molecule has 2 aromatic heterocycles. The maximum absolute atomic E-state index is 14.6. The van der Waals surface area contributed by atoms with Crippen molar-refractivity contribution in [1.82, 2.24) is 9.13 Å². The summed E-state index contributed by atoms with van der Waals surface area (Å²) in [4.78, 5) is 115. The number of benzene rings is 6. The Kier molecular flexibility index (Phi) is 21.8. The molecule has 0 N–H and O–H groups in total. The maximum atomic E-state index is 14.6. The van der Waals surface area contributed by atoms with Crippen molar-refractivity contribution in [3.63, 3.8) is 0 Å². The van der Waals surface area contributed by atoms with Crippen molar-refractivity contribution in [2.24, 2.45) is 22.1 Å². The summed E-state index contributed by atoms with van der Waals surface area (Å²) in [6, 6.07) is 34.9. The topological polar surface area (TPSA) is 208 Å². The average molecular weight is 1180 g/mol. The lowest BCUT2D eigenvalue weighted by Crippen LogP contribution is -2.17. The minimum absolute atomic E-state index is 0.0157. The summed E-state index contributed by atoms with van der Waals surface area (Å²) < 4.78 is 14.9. The summed E-state index contributed by atoms with van der Waals surface area (Å²) in [5.74, 6) is -2.26. The molecule has 2 heterocycles. The van der Waals surface area contributed by atoms with E-state index in [2.05, 4.69) is 47.1 Å². The van der Waals surface area contributed by atoms with Crippen LogP contribution in [-0.2, 0) is 41.9 Å². The Labute approximate surface area is 506 Å². The number of unbranched alkanes of at least 4 members (excludes halogenated alkanes) is 4. The van der Waals surface area contributed by atoms with Gasteiger partial charge in [0, 0.05) is 118 Å². The van der Waals surface area contributed by atoms with Gasteiger partial charge in [-0.15, -0.1) is 0 Å². The standard InChI is InChI=1S/C71H76N4O12/c1-9-13-18-48(11-3)42-74-64-34-26-52(68(80)50-22-30-56(31-23-50)84-44(5)76)38-58(64)60-40-54(28-36-66(60)74)70(82)62(72-86-46(7)78)20-16-15-17-21-63(73-87-47(8)79)71(83)55-29-37-67-61(41-55)59-39-53(69(81)51-24-32-57(33-25-51)85-45(6)77)27-35-65(59)75(67)43-49(12-4)19-14-10-2/h22-41,48-49H,9-21,42-43H2,1-8H3/b72-62+,73-63+. The Bertz CT molecular complexity index is 3700. The molecule has 8 rings (SSSR count). The van der Waals surface area contributed by atoms with Crippen molar-refractivity contribution < 1.29 is 57.5 Å². The van der Waals surface area contributed by atoms with E-state index in [9.17, 15) is 38.4 Å². The van der Waals surface area contributed by atoms with Crippen LogP contribution in [-0.4, -0.2) is 67.6 Å². The monoisotopic (exact) mass is 1180 g/mol. The highest BCUT2D eigenvalue weighted by Gasteiger charge is 2.25. The van der Waals surface area contributed by atoms with Gasteiger partial charge in [-0.1, -0.05) is 83.0 Å². The van der Waals surface area contributed by atoms with Crippen LogP contribution in [0.2, 0.25) is 0 Å². The fourth-order valence-electron chi connectivity index (χ4n) is 11.3. The van der Waals surface area contributed by atoms with Crippen molar-refractivity contribution in [1.29, 1.82) is 0 Å². The number of rotatable bonds is 30. The van der Waals surface area contributed by atoms with Crippen LogP contribution in [0.5, 0.6) is 11.5 Å². The molecular weight excluding hydrogens is 1100 g/mol. The lowest BCUT2D eigenvalue weighted by Gasteiger charge is -2.17. The van der Waals surface area contributed by atoms with Crippen molar-refractivity contribution >= 4 is 102 Å². The van der Waals surface area contributed by atoms with Gasteiger partial charge in [0.25, 0.3) is 0 Å². The Morgan fingerprint density at radius 2 is 0.713 bits per heavy atom. The quantitative estimate of drug-likeness (QED) is 0.00783. The minimum atomic E-state index is -0.700. The second kappa shape index (κ2) is 29.8. The lowest BCUT2D eigenvalue weighted by molar-refractivity contribution is -0.141. The summed E-state index contributed by atoms with van der Waals surface area (Å²) in [7, 11) is 0. The van der Waals surface area contributed by atoms with Gasteiger partial charge < -0.3 is 28.3 Å². The molecule has 8 aromatic rings. The Morgan fingerprint density at radius 3 is 1.02 bits per heavy atom. The first-order valence-electron chi connectivity index (χ1n) is 30.3. The number of aromatic nitrogens is 2. The molecule has 87 heavy (non-hydrogen) atoms. The van der Waals surface area contributed by atoms with Crippen molar-refractivity contribution in [3.8, 4) is 11.5 Å². The summed E-state index contributed by atoms with van der Waals surface area (Å²) in [5.41, 5.74) is 5.94. The van der Waals surface area contributed by atoms with E-state index in [4.69, 9.17) is 19.1 Å². The zero-order valence-corrected chi connectivity index (χ0v) is 51.0. The molecule has 16 nitrogen and oxygen atoms in total. The van der Waals surface area contributed by atoms with Crippen LogP contribution in [0, 0.1) is 11.8 Å². The van der Waals surface area contributed by atoms with Crippen LogP contribution in [0.4, 0.5) is 0 Å². The van der Waals surface area contributed by atoms with Crippen LogP contribution >= 0.6 is 0 Å². The van der Waals surface area contributed by atoms with Gasteiger partial charge in [-0.3, -0.25) is 28.8 Å². The number of fused-ring (bicyclic) bond motifs is 6. The Morgan fingerprint density at radius 1 is 0.391 bits per heavy atom. The number of hydrogen-bond donors (Lipinski definition) is 0. The number of carbonyl (C=O) groups excluding carboxylic acids is 8. The fourth-order valence-corrected chi connectivity index (χ4v) is 11.3. The lowest BCUT2D eigenvalue weighted by atomic mass is 9.97. The van der Waals surface area contributed by atoms with E-state index in [1.807, 2.05) is 36.4 Å². The van der Waals surface area contributed by atoms with Crippen LogP contribution in [0.3, 0.4) is 0 Å². The molecule has 0 spiro atoms. The summed E-state index contributed by atoms with van der Waals surface area (Å²) in [5, 5.41) is 11.2. The number of esters is 2. The van der Waals surface area contributed by atoms with Crippen LogP contribution in [0.15, 0.2) is 132 Å². The molecule has 6 aromatic carbocycles. The summed E-state index contributed by atoms with van der Waals surface area (Å²) in [6.07, 6.45) is 9.85. The molecule has 0 aliphatic carbocycles. The Hall–Kier alpha value is -9.18. The summed E-state index contributed by atoms with van der Waals surface area (Å²) >= 11 is 0. The smallest absolute Gasteiger partial charge is 0.331 e. The minimum Gasteiger partial charge on any atom is -0.427 e. The molecule has 0 aliphatic rings. The first-order chi connectivity index (χ1) is 41.9. The zero-order chi connectivity index (χ0) is 62.3. The number of ketones is 4. The third-order valence-electron chi connectivity index (χ3n) is 15.9. The molecule has 0 aliphatic heterocycles. The number of nitrogens with zero attached hydrogens (tertiary/aromatic N) is 4. The van der Waals surface area contributed by atoms with Crippen LogP contribution < -0.4 is 9.47 Å². The summed E-state index contributed by atoms with van der Waals surface area (Å²) in [6.45, 7) is 15.2. The van der Waals surface area contributed by atoms with Gasteiger partial charge in [-0.05, 0) is 172 Å². The predicted octanol–water partition coefficient (Wildman–Crippen LogP) is 15.5. The van der Waals surface area contributed by atoms with E-state index in [-0.39, 0.29) is 35.8 Å². The van der Waals surface area contributed by atoms with E-state index < -0.39 is 35.4 Å². The molecule has 16 heteroatoms. The maximum Gasteiger partial charge on any atom is 0.331 e. The second-order valence-corrected chi connectivity index (χ2v) is 22.3. The van der Waals surface area contributed by atoms with E-state index in [1.165, 1.54) is 27.7 Å². The van der Waals surface area contributed by atoms with Gasteiger partial charge in [0.1, 0.15) is 22.9 Å². The molecule has 0 radical (unpaired) electrons. The highest BCUT2D eigenvalue weighted by Crippen LogP contribution is 2.36. The first kappa shape index (κ1) is 63.8. The predicted molar refractivity (Wildman–Crippen MR) is 338 cm³/mol. The third kappa shape index (κ3) is 15.8. The van der Waals surface area contributed by atoms with Crippen molar-refractivity contribution in [2.75, 3.05) is 0 Å². The number of ether oxygens (including phenoxy) is 2. The molecule has 452 valence electrons. The number of oxime groups is 2. The van der Waals surface area contributed by atoms with E-state index >= 15 is 0 Å². The fraction of sp³-hybridized carbons (Fsp3) is 0.352. The number of hydrogen-bond acceptors (Lipinski definition) is 14. The SMILES string of the molecule is CCCCC(CC)Cn1c2ccc(C(=O)/C(CCCCC/C(=N\OC(C)=O)C(=O)c3ccc4c(c3)c3cc(C(=O)c5ccc(OC(C)=O)cc5)ccc3n4CC(CC)CCCC)=N/OC(C)=O)cc2c2cc(C(=O)c3ccc(OC(C)=O)cc3)ccc21. The van der Waals surface area contributed by atoms with E-state index in [0.29, 0.717) is 76.0 Å². The molecular formula is C71H76N4O12. The number of carbonyl (C=O) groups is 8. The second-order valence-electron chi connectivity index (χ2n) is 22.3. The van der Waals surface area contributed by atoms with Gasteiger partial charge in [0.2, 0.25) is 11.6 Å². The van der Waals surface area contributed by atoms with Gasteiger partial charge in [-0.25, -0.2) is 9.59 Å². The molecule has 0 bridgehead atoms. The largest absolute Gasteiger partial charge is 0.427 e. The van der Waals surface area contributed by atoms with Gasteiger partial charge in [0.15, 0.2) is 11.6 Å². The molecule has 2 unspecified atom stereocenters. The highest BCUT2D eigenvalue weighted by molar-refractivity contribution is 6.47. The van der Waals surface area contributed by atoms with Gasteiger partial charge in [-0.2, -0.15) is 0 Å². The first-order valence-corrected chi connectivity index (χ1v) is 30.3. The molecule has 0 saturated heterocycles. The van der Waals surface area contributed by atoms with Crippen LogP contribution in [0.1, 0.15) is 191 Å².